The van der Waals surface area contributed by atoms with Crippen LogP contribution in [0.3, 0.4) is 0 Å². The largest absolute Gasteiger partial charge is 0.508 e. The fourth-order valence-electron chi connectivity index (χ4n) is 5.97. The van der Waals surface area contributed by atoms with Crippen LogP contribution in [0.2, 0.25) is 0 Å². The van der Waals surface area contributed by atoms with Crippen molar-refractivity contribution in [2.24, 2.45) is 17.8 Å². The molecule has 3 atom stereocenters. The molecule has 0 bridgehead atoms. The minimum absolute atomic E-state index is 0. The van der Waals surface area contributed by atoms with Gasteiger partial charge in [-0.05, 0) is 80.1 Å². The molecule has 8 heteroatoms. The average Bonchev–Trinajstić information content (AvgIpc) is 2.84. The second kappa shape index (κ2) is 15.4. The van der Waals surface area contributed by atoms with Gasteiger partial charge in [0.25, 0.3) is 0 Å². The van der Waals surface area contributed by atoms with Crippen molar-refractivity contribution in [2.45, 2.75) is 77.0 Å². The van der Waals surface area contributed by atoms with Crippen molar-refractivity contribution >= 4 is 24.2 Å². The van der Waals surface area contributed by atoms with Gasteiger partial charge >= 0.3 is 0 Å². The molecule has 7 nitrogen and oxygen atoms in total. The highest BCUT2D eigenvalue weighted by Gasteiger charge is 2.38. The number of rotatable bonds is 10. The zero-order valence-electron chi connectivity index (χ0n) is 22.4. The van der Waals surface area contributed by atoms with E-state index in [-0.39, 0.29) is 41.0 Å². The van der Waals surface area contributed by atoms with Crippen LogP contribution in [0.15, 0.2) is 24.3 Å². The molecule has 2 fully saturated rings. The molecule has 1 aliphatic carbocycles. The number of carbonyl (C=O) groups excluding carboxylic acids is 2. The van der Waals surface area contributed by atoms with Crippen LogP contribution in [-0.4, -0.2) is 60.5 Å². The number of hydrogen-bond acceptors (Lipinski definition) is 4. The van der Waals surface area contributed by atoms with Gasteiger partial charge < -0.3 is 26.1 Å². The van der Waals surface area contributed by atoms with E-state index in [4.69, 9.17) is 0 Å². The first kappa shape index (κ1) is 32.2. The molecule has 1 saturated carbocycles. The van der Waals surface area contributed by atoms with Crippen LogP contribution in [0.25, 0.3) is 0 Å². The standard InChI is InChI=1S/C28H45N3O3.ClH.H2O/c1-21-20-31(18-15-28(21,2)23-11-7-12-24(32)19-23)17-14-25(22-9-5-4-6-10-22)27(34)30-16-8-13-26(33)29-3;;/h7,11-12,19,21-22,25,32H,4-6,8-10,13-18,20H2,1-3H3,(H,29,33)(H,30,34);1H;1H2. The molecule has 0 aromatic heterocycles. The normalized spacial score (nSPS) is 23.6. The maximum Gasteiger partial charge on any atom is 0.223 e. The molecule has 3 rings (SSSR count). The van der Waals surface area contributed by atoms with E-state index < -0.39 is 0 Å². The molecule has 1 heterocycles. The molecule has 5 N–H and O–H groups in total. The van der Waals surface area contributed by atoms with Crippen molar-refractivity contribution in [3.63, 3.8) is 0 Å². The van der Waals surface area contributed by atoms with E-state index in [0.29, 0.717) is 37.0 Å². The van der Waals surface area contributed by atoms with Crippen molar-refractivity contribution in [1.82, 2.24) is 15.5 Å². The molecule has 1 aromatic rings. The minimum Gasteiger partial charge on any atom is -0.508 e. The fourth-order valence-corrected chi connectivity index (χ4v) is 5.97. The van der Waals surface area contributed by atoms with Crippen molar-refractivity contribution in [3.8, 4) is 5.75 Å². The van der Waals surface area contributed by atoms with Gasteiger partial charge in [0.15, 0.2) is 0 Å². The maximum atomic E-state index is 13.2. The number of hydrogen-bond donors (Lipinski definition) is 3. The van der Waals surface area contributed by atoms with E-state index in [1.54, 1.807) is 13.1 Å². The summed E-state index contributed by atoms with van der Waals surface area (Å²) in [6.45, 7) is 8.18. The highest BCUT2D eigenvalue weighted by atomic mass is 35.5. The van der Waals surface area contributed by atoms with Gasteiger partial charge in [-0.3, -0.25) is 9.59 Å². The number of aromatic hydroxyl groups is 1. The Hall–Kier alpha value is -1.83. The molecule has 0 spiro atoms. The molecule has 0 radical (unpaired) electrons. The van der Waals surface area contributed by atoms with Gasteiger partial charge in [-0.25, -0.2) is 0 Å². The Kier molecular flexibility index (Phi) is 13.8. The van der Waals surface area contributed by atoms with Crippen molar-refractivity contribution in [3.05, 3.63) is 29.8 Å². The summed E-state index contributed by atoms with van der Waals surface area (Å²) < 4.78 is 0. The van der Waals surface area contributed by atoms with E-state index in [1.807, 2.05) is 12.1 Å². The van der Waals surface area contributed by atoms with Gasteiger partial charge in [-0.1, -0.05) is 45.2 Å². The Morgan fingerprint density at radius 2 is 1.94 bits per heavy atom. The van der Waals surface area contributed by atoms with Gasteiger partial charge in [0, 0.05) is 32.5 Å². The third-order valence-electron chi connectivity index (χ3n) is 8.54. The number of likely N-dealkylation sites (tertiary alicyclic amines) is 1. The number of phenolic OH excluding ortho intramolecular Hbond substituents is 1. The molecule has 1 aliphatic heterocycles. The van der Waals surface area contributed by atoms with Crippen LogP contribution in [0.5, 0.6) is 5.75 Å². The number of amides is 2. The first-order valence-electron chi connectivity index (χ1n) is 13.3. The fraction of sp³-hybridized carbons (Fsp3) is 0.714. The summed E-state index contributed by atoms with van der Waals surface area (Å²) >= 11 is 0. The van der Waals surface area contributed by atoms with Gasteiger partial charge in [0.05, 0.1) is 0 Å². The Labute approximate surface area is 223 Å². The topological polar surface area (TPSA) is 113 Å². The summed E-state index contributed by atoms with van der Waals surface area (Å²) in [5.74, 6) is 1.55. The number of nitrogens with one attached hydrogen (secondary N) is 2. The van der Waals surface area contributed by atoms with Crippen molar-refractivity contribution < 1.29 is 20.2 Å². The zero-order chi connectivity index (χ0) is 24.6. The summed E-state index contributed by atoms with van der Waals surface area (Å²) in [5, 5.41) is 15.7. The number of carbonyl (C=O) groups is 2. The van der Waals surface area contributed by atoms with Crippen molar-refractivity contribution in [1.29, 1.82) is 0 Å². The van der Waals surface area contributed by atoms with Gasteiger partial charge in [-0.15, -0.1) is 12.4 Å². The lowest BCUT2D eigenvalue weighted by molar-refractivity contribution is -0.128. The number of piperidine rings is 1. The van der Waals surface area contributed by atoms with Crippen molar-refractivity contribution in [2.75, 3.05) is 33.2 Å². The van der Waals surface area contributed by atoms with Crippen LogP contribution >= 0.6 is 12.4 Å². The van der Waals surface area contributed by atoms with Crippen LogP contribution in [0.1, 0.15) is 77.2 Å². The molecule has 36 heavy (non-hydrogen) atoms. The lowest BCUT2D eigenvalue weighted by Crippen LogP contribution is -2.48. The lowest BCUT2D eigenvalue weighted by Gasteiger charge is -2.45. The first-order chi connectivity index (χ1) is 16.3. The van der Waals surface area contributed by atoms with E-state index in [1.165, 1.54) is 24.8 Å². The number of benzene rings is 1. The zero-order valence-corrected chi connectivity index (χ0v) is 23.2. The van der Waals surface area contributed by atoms with Gasteiger partial charge in [0.2, 0.25) is 11.8 Å². The smallest absolute Gasteiger partial charge is 0.223 e. The van der Waals surface area contributed by atoms with Crippen LogP contribution < -0.4 is 10.6 Å². The third kappa shape index (κ3) is 8.63. The lowest BCUT2D eigenvalue weighted by atomic mass is 9.68. The molecular weight excluding hydrogens is 478 g/mol. The predicted molar refractivity (Wildman–Crippen MR) is 148 cm³/mol. The van der Waals surface area contributed by atoms with E-state index in [0.717, 1.165) is 45.3 Å². The Bertz CT molecular complexity index is 818. The molecule has 3 unspecified atom stereocenters. The quantitative estimate of drug-likeness (QED) is 0.403. The number of halogens is 1. The van der Waals surface area contributed by atoms with E-state index in [2.05, 4.69) is 35.4 Å². The summed E-state index contributed by atoms with van der Waals surface area (Å²) in [5.41, 5.74) is 1.27. The molecule has 206 valence electrons. The van der Waals surface area contributed by atoms with Gasteiger partial charge in [-0.2, -0.15) is 0 Å². The molecule has 1 saturated heterocycles. The van der Waals surface area contributed by atoms with E-state index in [9.17, 15) is 14.7 Å². The van der Waals surface area contributed by atoms with Crippen LogP contribution in [0.4, 0.5) is 0 Å². The SMILES string of the molecule is CNC(=O)CCCNC(=O)C(CCN1CCC(C)(c2cccc(O)c2)C(C)C1)C1CCCCC1.Cl.O. The molecule has 2 aliphatic rings. The first-order valence-corrected chi connectivity index (χ1v) is 13.3. The molecule has 2 amide bonds. The number of nitrogens with zero attached hydrogens (tertiary/aromatic N) is 1. The Morgan fingerprint density at radius 1 is 1.22 bits per heavy atom. The van der Waals surface area contributed by atoms with Gasteiger partial charge in [0.1, 0.15) is 5.75 Å². The second-order valence-electron chi connectivity index (χ2n) is 10.8. The van der Waals surface area contributed by atoms with Crippen LogP contribution in [0, 0.1) is 17.8 Å². The molecule has 1 aromatic carbocycles. The molecular formula is C28H48ClN3O4. The Morgan fingerprint density at radius 3 is 2.58 bits per heavy atom. The summed E-state index contributed by atoms with van der Waals surface area (Å²) in [4.78, 5) is 27.1. The maximum absolute atomic E-state index is 13.2. The predicted octanol–water partition coefficient (Wildman–Crippen LogP) is 3.82. The highest BCUT2D eigenvalue weighted by Crippen LogP contribution is 2.40. The summed E-state index contributed by atoms with van der Waals surface area (Å²) in [6.07, 6.45) is 9.15. The average molecular weight is 526 g/mol. The van der Waals surface area contributed by atoms with E-state index >= 15 is 0 Å². The minimum atomic E-state index is 0. The number of phenols is 1. The third-order valence-corrected chi connectivity index (χ3v) is 8.54. The van der Waals surface area contributed by atoms with Crippen LogP contribution in [-0.2, 0) is 15.0 Å². The highest BCUT2D eigenvalue weighted by molar-refractivity contribution is 5.85. The monoisotopic (exact) mass is 525 g/mol. The second-order valence-corrected chi connectivity index (χ2v) is 10.8. The summed E-state index contributed by atoms with van der Waals surface area (Å²) in [6, 6.07) is 7.73. The Balaban J connectivity index is 0.00000324. The summed E-state index contributed by atoms with van der Waals surface area (Å²) in [7, 11) is 1.65.